The van der Waals surface area contributed by atoms with Gasteiger partial charge in [-0.3, -0.25) is 0 Å². The van der Waals surface area contributed by atoms with Gasteiger partial charge in [-0.05, 0) is 25.7 Å². The summed E-state index contributed by atoms with van der Waals surface area (Å²) in [4.78, 5) is 0. The van der Waals surface area contributed by atoms with Crippen LogP contribution in [-0.2, 0) is 20.4 Å². The monoisotopic (exact) mass is 501 g/mol. The van der Waals surface area contributed by atoms with E-state index in [2.05, 4.69) is 60.7 Å². The Morgan fingerprint density at radius 2 is 1.12 bits per heavy atom. The predicted octanol–water partition coefficient (Wildman–Crippen LogP) is 6.28. The Balaban J connectivity index is 0.00000208. The van der Waals surface area contributed by atoms with Crippen LogP contribution in [0.1, 0.15) is 0 Å². The van der Waals surface area contributed by atoms with Crippen LogP contribution in [0.2, 0.25) is 0 Å². The SMILES string of the molecule is Cl[P+](Cl)(c1ccccc1)P(Pc1ccccc1)c1ccccc1.[Pd]. The Morgan fingerprint density at radius 3 is 1.67 bits per heavy atom. The maximum Gasteiger partial charge on any atom is 0.269 e. The largest absolute Gasteiger partial charge is 0.269 e. The maximum absolute atomic E-state index is 7.02. The van der Waals surface area contributed by atoms with Crippen LogP contribution in [0.15, 0.2) is 91.0 Å². The zero-order valence-electron chi connectivity index (χ0n) is 12.6. The van der Waals surface area contributed by atoms with Gasteiger partial charge in [0.25, 0.3) is 5.66 Å². The van der Waals surface area contributed by atoms with Gasteiger partial charge in [-0.1, -0.05) is 78.9 Å². The van der Waals surface area contributed by atoms with E-state index in [1.165, 1.54) is 10.6 Å². The maximum atomic E-state index is 7.02. The van der Waals surface area contributed by atoms with Gasteiger partial charge in [0.05, 0.1) is 0 Å². The van der Waals surface area contributed by atoms with Gasteiger partial charge in [0, 0.05) is 25.7 Å². The van der Waals surface area contributed by atoms with Gasteiger partial charge in [-0.25, -0.2) is 0 Å². The van der Waals surface area contributed by atoms with Crippen LogP contribution in [0, 0.1) is 0 Å². The fraction of sp³-hybridized carbons (Fsp3) is 0. The summed E-state index contributed by atoms with van der Waals surface area (Å²) in [5, 5.41) is 3.65. The topological polar surface area (TPSA) is 0 Å². The second-order valence-corrected chi connectivity index (χ2v) is 19.5. The molecule has 0 aromatic heterocycles. The van der Waals surface area contributed by atoms with E-state index in [0.717, 1.165) is 5.30 Å². The average molecular weight is 503 g/mol. The molecular formula is C18H16Cl2P3Pd+. The van der Waals surface area contributed by atoms with Crippen LogP contribution in [0.4, 0.5) is 0 Å². The van der Waals surface area contributed by atoms with Crippen molar-refractivity contribution in [1.82, 2.24) is 0 Å². The minimum atomic E-state index is -2.27. The molecule has 24 heavy (non-hydrogen) atoms. The standard InChI is InChI=1S/C18H16Cl2P3.Pd/c19-23(20,18-14-8-3-9-15-18)22(17-12-6-2-7-13-17)21-16-10-4-1-5-11-16;/h1-15,21H;/q+1;. The molecule has 0 aliphatic rings. The van der Waals surface area contributed by atoms with E-state index >= 15 is 0 Å². The Bertz CT molecular complexity index is 740. The molecule has 6 heteroatoms. The minimum absolute atomic E-state index is 0. The number of hydrogen-bond acceptors (Lipinski definition) is 0. The first kappa shape index (κ1) is 20.5. The predicted molar refractivity (Wildman–Crippen MR) is 112 cm³/mol. The van der Waals surface area contributed by atoms with Crippen LogP contribution in [0.25, 0.3) is 0 Å². The van der Waals surface area contributed by atoms with Crippen LogP contribution in [0.3, 0.4) is 0 Å². The van der Waals surface area contributed by atoms with E-state index in [9.17, 15) is 0 Å². The summed E-state index contributed by atoms with van der Waals surface area (Å²) in [5.41, 5.74) is -2.27. The van der Waals surface area contributed by atoms with Crippen molar-refractivity contribution in [2.45, 2.75) is 0 Å². The molecule has 0 spiro atoms. The molecule has 0 fully saturated rings. The summed E-state index contributed by atoms with van der Waals surface area (Å²) in [7, 11) is -0.0816. The van der Waals surface area contributed by atoms with E-state index in [4.69, 9.17) is 22.5 Å². The van der Waals surface area contributed by atoms with Gasteiger partial charge in [-0.2, -0.15) is 0 Å². The fourth-order valence-corrected chi connectivity index (χ4v) is 16.8. The van der Waals surface area contributed by atoms with Gasteiger partial charge in [0.15, 0.2) is 7.30 Å². The van der Waals surface area contributed by atoms with Crippen molar-refractivity contribution < 1.29 is 20.4 Å². The van der Waals surface area contributed by atoms with E-state index in [1.807, 2.05) is 30.3 Å². The first-order valence-corrected chi connectivity index (χ1v) is 14.7. The van der Waals surface area contributed by atoms with Gasteiger partial charge < -0.3 is 0 Å². The molecule has 0 nitrogen and oxygen atoms in total. The van der Waals surface area contributed by atoms with Crippen molar-refractivity contribution in [3.05, 3.63) is 91.0 Å². The van der Waals surface area contributed by atoms with Crippen LogP contribution < -0.4 is 15.9 Å². The van der Waals surface area contributed by atoms with E-state index in [-0.39, 0.29) is 20.4 Å². The summed E-state index contributed by atoms with van der Waals surface area (Å²) >= 11 is 14.0. The zero-order valence-corrected chi connectivity index (χ0v) is 18.5. The molecule has 2 atom stereocenters. The average Bonchev–Trinajstić information content (AvgIpc) is 2.62. The van der Waals surface area contributed by atoms with Crippen LogP contribution in [-0.4, -0.2) is 0 Å². The second kappa shape index (κ2) is 9.77. The van der Waals surface area contributed by atoms with Gasteiger partial charge in [0.2, 0.25) is 0 Å². The third kappa shape index (κ3) is 5.10. The van der Waals surface area contributed by atoms with E-state index in [1.54, 1.807) is 0 Å². The summed E-state index contributed by atoms with van der Waals surface area (Å²) in [6.45, 7) is 0. The van der Waals surface area contributed by atoms with Crippen LogP contribution >= 0.6 is 43.7 Å². The van der Waals surface area contributed by atoms with Crippen molar-refractivity contribution in [2.24, 2.45) is 0 Å². The fourth-order valence-electron chi connectivity index (χ4n) is 2.20. The third-order valence-corrected chi connectivity index (χ3v) is 21.2. The Labute approximate surface area is 170 Å². The van der Waals surface area contributed by atoms with Crippen molar-refractivity contribution >= 4 is 59.6 Å². The van der Waals surface area contributed by atoms with Crippen molar-refractivity contribution in [2.75, 3.05) is 0 Å². The third-order valence-electron chi connectivity index (χ3n) is 3.33. The summed E-state index contributed by atoms with van der Waals surface area (Å²) < 4.78 is 0. The molecule has 3 aromatic rings. The molecule has 0 saturated heterocycles. The summed E-state index contributed by atoms with van der Waals surface area (Å²) in [5.74, 6) is 0. The first-order chi connectivity index (χ1) is 11.2. The smallest absolute Gasteiger partial charge is 0.0622 e. The molecule has 3 aromatic carbocycles. The minimum Gasteiger partial charge on any atom is -0.0622 e. The number of halogens is 2. The molecule has 0 bridgehead atoms. The Morgan fingerprint density at radius 1 is 0.667 bits per heavy atom. The van der Waals surface area contributed by atoms with Gasteiger partial charge >= 0.3 is 0 Å². The van der Waals surface area contributed by atoms with E-state index < -0.39 is 13.0 Å². The Hall–Kier alpha value is 0.192. The summed E-state index contributed by atoms with van der Waals surface area (Å²) in [6.07, 6.45) is 0. The Kier molecular flexibility index (Phi) is 8.35. The molecule has 0 saturated carbocycles. The molecule has 2 unspecified atom stereocenters. The molecule has 3 rings (SSSR count). The number of rotatable bonds is 5. The quantitative estimate of drug-likeness (QED) is 0.285. The summed E-state index contributed by atoms with van der Waals surface area (Å²) in [6, 6.07) is 31.1. The van der Waals surface area contributed by atoms with Gasteiger partial charge in [-0.15, -0.1) is 0 Å². The molecule has 0 N–H and O–H groups in total. The second-order valence-electron chi connectivity index (χ2n) is 4.94. The molecule has 0 aliphatic carbocycles. The van der Waals surface area contributed by atoms with E-state index in [0.29, 0.717) is 8.27 Å². The molecule has 0 radical (unpaired) electrons. The molecule has 0 heterocycles. The first-order valence-electron chi connectivity index (χ1n) is 7.19. The normalized spacial score (nSPS) is 12.8. The van der Waals surface area contributed by atoms with Gasteiger partial charge in [0.1, 0.15) is 27.8 Å². The zero-order chi connectivity index (χ0) is 16.1. The number of benzene rings is 3. The van der Waals surface area contributed by atoms with Crippen molar-refractivity contribution in [3.63, 3.8) is 0 Å². The van der Waals surface area contributed by atoms with Crippen molar-refractivity contribution in [3.8, 4) is 0 Å². The van der Waals surface area contributed by atoms with Crippen molar-refractivity contribution in [1.29, 1.82) is 0 Å². The molecular weight excluding hydrogens is 486 g/mol. The molecule has 0 amide bonds. The van der Waals surface area contributed by atoms with Crippen LogP contribution in [0.5, 0.6) is 0 Å². The molecule has 126 valence electrons. The molecule has 0 aliphatic heterocycles. The number of hydrogen-bond donors (Lipinski definition) is 0.